The Labute approximate surface area is 170 Å². The molecule has 0 amide bonds. The maximum Gasteiger partial charge on any atom is 0.150 e. The molecule has 146 valence electrons. The van der Waals surface area contributed by atoms with Gasteiger partial charge < -0.3 is 14.6 Å². The van der Waals surface area contributed by atoms with Crippen molar-refractivity contribution in [1.82, 2.24) is 14.5 Å². The molecule has 29 heavy (non-hydrogen) atoms. The van der Waals surface area contributed by atoms with Crippen LogP contribution in [0.2, 0.25) is 0 Å². The van der Waals surface area contributed by atoms with Crippen molar-refractivity contribution in [2.45, 2.75) is 25.9 Å². The summed E-state index contributed by atoms with van der Waals surface area (Å²) in [6, 6.07) is 18.9. The zero-order chi connectivity index (χ0) is 19.6. The van der Waals surface area contributed by atoms with Gasteiger partial charge in [0.15, 0.2) is 5.65 Å². The number of aromatic nitrogens is 3. The third kappa shape index (κ3) is 3.49. The maximum absolute atomic E-state index is 5.78. The molecule has 1 aliphatic heterocycles. The van der Waals surface area contributed by atoms with E-state index in [1.165, 1.54) is 5.56 Å². The predicted molar refractivity (Wildman–Crippen MR) is 117 cm³/mol. The first kappa shape index (κ1) is 17.9. The molecule has 2 aromatic heterocycles. The summed E-state index contributed by atoms with van der Waals surface area (Å²) in [5, 5.41) is 4.57. The van der Waals surface area contributed by atoms with Crippen LogP contribution in [-0.4, -0.2) is 33.8 Å². The molecule has 1 atom stereocenters. The molecular formula is C24H24N4O. The van der Waals surface area contributed by atoms with Crippen molar-refractivity contribution in [3.05, 3.63) is 72.7 Å². The van der Waals surface area contributed by atoms with E-state index in [1.54, 1.807) is 6.33 Å². The van der Waals surface area contributed by atoms with Crippen LogP contribution in [-0.2, 0) is 4.74 Å². The fraction of sp³-hybridized carbons (Fsp3) is 0.250. The van der Waals surface area contributed by atoms with Crippen molar-refractivity contribution in [2.75, 3.05) is 18.5 Å². The van der Waals surface area contributed by atoms with Gasteiger partial charge >= 0.3 is 0 Å². The summed E-state index contributed by atoms with van der Waals surface area (Å²) in [6.07, 6.45) is 6.28. The van der Waals surface area contributed by atoms with Gasteiger partial charge in [-0.2, -0.15) is 0 Å². The number of hydrogen-bond acceptors (Lipinski definition) is 4. The Morgan fingerprint density at radius 1 is 1.10 bits per heavy atom. The van der Waals surface area contributed by atoms with E-state index in [2.05, 4.69) is 81.5 Å². The highest BCUT2D eigenvalue weighted by atomic mass is 16.5. The number of aryl methyl sites for hydroxylation is 1. The summed E-state index contributed by atoms with van der Waals surface area (Å²) in [6.45, 7) is 3.72. The molecule has 5 nitrogen and oxygen atoms in total. The Morgan fingerprint density at radius 2 is 2.00 bits per heavy atom. The van der Waals surface area contributed by atoms with E-state index in [0.717, 1.165) is 59.7 Å². The summed E-state index contributed by atoms with van der Waals surface area (Å²) >= 11 is 0. The molecule has 2 aromatic carbocycles. The van der Waals surface area contributed by atoms with Crippen LogP contribution >= 0.6 is 0 Å². The molecule has 0 aliphatic carbocycles. The Morgan fingerprint density at radius 3 is 2.79 bits per heavy atom. The quantitative estimate of drug-likeness (QED) is 0.527. The average molecular weight is 384 g/mol. The number of nitrogens with one attached hydrogen (secondary N) is 1. The SMILES string of the molecule is Cc1cccc(-n2cc(-c3ccccc3)c3c(NC[C@H]4CCCO4)ncnc32)c1. The van der Waals surface area contributed by atoms with Crippen LogP contribution in [0, 0.1) is 6.92 Å². The summed E-state index contributed by atoms with van der Waals surface area (Å²) in [5.74, 6) is 0.857. The molecule has 0 spiro atoms. The van der Waals surface area contributed by atoms with Crippen LogP contribution in [0.5, 0.6) is 0 Å². The summed E-state index contributed by atoms with van der Waals surface area (Å²) < 4.78 is 7.93. The number of fused-ring (bicyclic) bond motifs is 1. The van der Waals surface area contributed by atoms with Gasteiger partial charge in [0.2, 0.25) is 0 Å². The van der Waals surface area contributed by atoms with Gasteiger partial charge in [0.25, 0.3) is 0 Å². The van der Waals surface area contributed by atoms with Gasteiger partial charge in [-0.25, -0.2) is 9.97 Å². The van der Waals surface area contributed by atoms with Crippen molar-refractivity contribution in [3.63, 3.8) is 0 Å². The lowest BCUT2D eigenvalue weighted by Crippen LogP contribution is -2.19. The van der Waals surface area contributed by atoms with E-state index in [9.17, 15) is 0 Å². The monoisotopic (exact) mass is 384 g/mol. The number of benzene rings is 2. The molecular weight excluding hydrogens is 360 g/mol. The van der Waals surface area contributed by atoms with Crippen molar-refractivity contribution < 1.29 is 4.74 Å². The first-order valence-corrected chi connectivity index (χ1v) is 10.1. The second-order valence-corrected chi connectivity index (χ2v) is 7.55. The molecule has 5 heteroatoms. The van der Waals surface area contributed by atoms with E-state index in [0.29, 0.717) is 0 Å². The van der Waals surface area contributed by atoms with Gasteiger partial charge in [0.05, 0.1) is 11.5 Å². The molecule has 0 unspecified atom stereocenters. The number of hydrogen-bond donors (Lipinski definition) is 1. The normalized spacial score (nSPS) is 16.4. The molecule has 1 fully saturated rings. The topological polar surface area (TPSA) is 52.0 Å². The van der Waals surface area contributed by atoms with E-state index < -0.39 is 0 Å². The number of nitrogens with zero attached hydrogens (tertiary/aromatic N) is 3. The van der Waals surface area contributed by atoms with Gasteiger partial charge in [0, 0.05) is 30.6 Å². The summed E-state index contributed by atoms with van der Waals surface area (Å²) in [7, 11) is 0. The molecule has 1 N–H and O–H groups in total. The minimum Gasteiger partial charge on any atom is -0.376 e. The molecule has 0 bridgehead atoms. The lowest BCUT2D eigenvalue weighted by atomic mass is 10.1. The van der Waals surface area contributed by atoms with Gasteiger partial charge in [-0.1, -0.05) is 42.5 Å². The predicted octanol–water partition coefficient (Wildman–Crippen LogP) is 4.99. The zero-order valence-electron chi connectivity index (χ0n) is 16.5. The van der Waals surface area contributed by atoms with Crippen molar-refractivity contribution >= 4 is 16.9 Å². The van der Waals surface area contributed by atoms with Gasteiger partial charge in [-0.05, 0) is 43.0 Å². The Hall–Kier alpha value is -3.18. The van der Waals surface area contributed by atoms with Gasteiger partial charge in [-0.3, -0.25) is 0 Å². The number of rotatable bonds is 5. The zero-order valence-corrected chi connectivity index (χ0v) is 16.5. The molecule has 1 saturated heterocycles. The lowest BCUT2D eigenvalue weighted by molar-refractivity contribution is 0.120. The Bertz CT molecular complexity index is 1130. The molecule has 3 heterocycles. The van der Waals surface area contributed by atoms with Crippen molar-refractivity contribution in [1.29, 1.82) is 0 Å². The van der Waals surface area contributed by atoms with Crippen LogP contribution in [0.15, 0.2) is 67.1 Å². The van der Waals surface area contributed by atoms with Gasteiger partial charge in [-0.15, -0.1) is 0 Å². The third-order valence-corrected chi connectivity index (χ3v) is 5.47. The first-order chi connectivity index (χ1) is 14.3. The van der Waals surface area contributed by atoms with E-state index in [-0.39, 0.29) is 6.10 Å². The van der Waals surface area contributed by atoms with Gasteiger partial charge in [0.1, 0.15) is 12.1 Å². The highest BCUT2D eigenvalue weighted by Crippen LogP contribution is 2.35. The van der Waals surface area contributed by atoms with Crippen LogP contribution in [0.4, 0.5) is 5.82 Å². The summed E-state index contributed by atoms with van der Waals surface area (Å²) in [4.78, 5) is 9.24. The fourth-order valence-corrected chi connectivity index (χ4v) is 4.02. The molecule has 0 radical (unpaired) electrons. The standard InChI is InChI=1S/C24H24N4O/c1-17-7-5-10-19(13-17)28-15-21(18-8-3-2-4-9-18)22-23(26-16-27-24(22)28)25-14-20-11-6-12-29-20/h2-5,7-10,13,15-16,20H,6,11-12,14H2,1H3,(H,25,26,27)/t20-/m1/s1. The molecule has 1 aliphatic rings. The highest BCUT2D eigenvalue weighted by molar-refractivity contribution is 6.02. The maximum atomic E-state index is 5.78. The molecule has 5 rings (SSSR count). The first-order valence-electron chi connectivity index (χ1n) is 10.1. The van der Waals surface area contributed by atoms with E-state index >= 15 is 0 Å². The third-order valence-electron chi connectivity index (χ3n) is 5.47. The second-order valence-electron chi connectivity index (χ2n) is 7.55. The van der Waals surface area contributed by atoms with Crippen molar-refractivity contribution in [3.8, 4) is 16.8 Å². The van der Waals surface area contributed by atoms with E-state index in [4.69, 9.17) is 4.74 Å². The minimum atomic E-state index is 0.249. The van der Waals surface area contributed by atoms with Crippen LogP contribution in [0.1, 0.15) is 18.4 Å². The molecule has 4 aromatic rings. The van der Waals surface area contributed by atoms with Crippen LogP contribution in [0.25, 0.3) is 27.8 Å². The number of anilines is 1. The van der Waals surface area contributed by atoms with Crippen molar-refractivity contribution in [2.24, 2.45) is 0 Å². The minimum absolute atomic E-state index is 0.249. The number of ether oxygens (including phenoxy) is 1. The highest BCUT2D eigenvalue weighted by Gasteiger charge is 2.19. The molecule has 0 saturated carbocycles. The second kappa shape index (κ2) is 7.68. The Kier molecular flexibility index (Phi) is 4.74. The van der Waals surface area contributed by atoms with E-state index in [1.807, 2.05) is 6.07 Å². The van der Waals surface area contributed by atoms with Crippen LogP contribution in [0.3, 0.4) is 0 Å². The fourth-order valence-electron chi connectivity index (χ4n) is 4.02. The average Bonchev–Trinajstić information content (AvgIpc) is 3.41. The Balaban J connectivity index is 1.66. The lowest BCUT2D eigenvalue weighted by Gasteiger charge is -2.12. The summed E-state index contributed by atoms with van der Waals surface area (Å²) in [5.41, 5.74) is 5.49. The van der Waals surface area contributed by atoms with Crippen LogP contribution < -0.4 is 5.32 Å². The largest absolute Gasteiger partial charge is 0.376 e. The smallest absolute Gasteiger partial charge is 0.150 e.